The second-order valence-corrected chi connectivity index (χ2v) is 6.63. The van der Waals surface area contributed by atoms with E-state index in [1.54, 1.807) is 27.4 Å². The molecular weight excluding hydrogens is 376 g/mol. The standard InChI is InChI=1S/C22H23ClN2O3/c1-26-18-8-4-16(5-9-18)14-25(15-17-6-10-19(27-2)11-7-17)22-13-20(28-3)12-21(23)24-22/h4-13H,14-15H2,1-3H3. The number of hydrogen-bond donors (Lipinski definition) is 0. The smallest absolute Gasteiger partial charge is 0.135 e. The third kappa shape index (κ3) is 5.08. The van der Waals surface area contributed by atoms with Gasteiger partial charge in [-0.05, 0) is 35.4 Å². The van der Waals surface area contributed by atoms with Crippen molar-refractivity contribution in [3.63, 3.8) is 0 Å². The van der Waals surface area contributed by atoms with Gasteiger partial charge in [-0.2, -0.15) is 0 Å². The average Bonchev–Trinajstić information content (AvgIpc) is 2.73. The van der Waals surface area contributed by atoms with E-state index in [0.717, 1.165) is 28.4 Å². The first-order chi connectivity index (χ1) is 13.6. The highest BCUT2D eigenvalue weighted by Gasteiger charge is 2.13. The van der Waals surface area contributed by atoms with E-state index >= 15 is 0 Å². The van der Waals surface area contributed by atoms with E-state index in [9.17, 15) is 0 Å². The number of methoxy groups -OCH3 is 3. The molecule has 146 valence electrons. The Labute approximate surface area is 170 Å². The predicted octanol–water partition coefficient (Wildman–Crippen LogP) is 4.97. The predicted molar refractivity (Wildman–Crippen MR) is 112 cm³/mol. The molecule has 0 aliphatic heterocycles. The van der Waals surface area contributed by atoms with E-state index in [1.807, 2.05) is 54.6 Å². The van der Waals surface area contributed by atoms with Crippen molar-refractivity contribution in [3.05, 3.63) is 76.9 Å². The number of nitrogens with zero attached hydrogens (tertiary/aromatic N) is 2. The number of rotatable bonds is 8. The largest absolute Gasteiger partial charge is 0.497 e. The molecule has 0 atom stereocenters. The summed E-state index contributed by atoms with van der Waals surface area (Å²) in [6, 6.07) is 19.6. The fourth-order valence-corrected chi connectivity index (χ4v) is 3.05. The van der Waals surface area contributed by atoms with Crippen molar-refractivity contribution in [1.29, 1.82) is 0 Å². The van der Waals surface area contributed by atoms with Gasteiger partial charge in [-0.15, -0.1) is 0 Å². The molecule has 5 nitrogen and oxygen atoms in total. The highest BCUT2D eigenvalue weighted by atomic mass is 35.5. The molecule has 28 heavy (non-hydrogen) atoms. The zero-order valence-electron chi connectivity index (χ0n) is 16.2. The Kier molecular flexibility index (Phi) is 6.61. The molecule has 6 heteroatoms. The van der Waals surface area contributed by atoms with E-state index in [1.165, 1.54) is 0 Å². The van der Waals surface area contributed by atoms with Gasteiger partial charge in [0.1, 0.15) is 28.2 Å². The van der Waals surface area contributed by atoms with Crippen molar-refractivity contribution >= 4 is 17.4 Å². The normalized spacial score (nSPS) is 10.4. The Balaban J connectivity index is 1.90. The molecule has 0 unspecified atom stereocenters. The van der Waals surface area contributed by atoms with E-state index < -0.39 is 0 Å². The first-order valence-corrected chi connectivity index (χ1v) is 9.21. The van der Waals surface area contributed by atoms with Crippen LogP contribution < -0.4 is 19.1 Å². The van der Waals surface area contributed by atoms with Gasteiger partial charge in [0, 0.05) is 25.2 Å². The van der Waals surface area contributed by atoms with E-state index in [2.05, 4.69) is 9.88 Å². The van der Waals surface area contributed by atoms with Gasteiger partial charge in [-0.3, -0.25) is 0 Å². The van der Waals surface area contributed by atoms with E-state index in [4.69, 9.17) is 25.8 Å². The van der Waals surface area contributed by atoms with Crippen LogP contribution in [0.15, 0.2) is 60.7 Å². The van der Waals surface area contributed by atoms with Gasteiger partial charge < -0.3 is 19.1 Å². The minimum absolute atomic E-state index is 0.392. The Morgan fingerprint density at radius 3 is 1.61 bits per heavy atom. The maximum Gasteiger partial charge on any atom is 0.135 e. The topological polar surface area (TPSA) is 43.8 Å². The summed E-state index contributed by atoms with van der Waals surface area (Å²) >= 11 is 6.21. The third-order valence-corrected chi connectivity index (χ3v) is 4.57. The molecule has 0 saturated carbocycles. The molecule has 0 aliphatic rings. The maximum absolute atomic E-state index is 6.21. The van der Waals surface area contributed by atoms with Gasteiger partial charge in [-0.1, -0.05) is 35.9 Å². The fourth-order valence-electron chi connectivity index (χ4n) is 2.86. The summed E-state index contributed by atoms with van der Waals surface area (Å²) in [5, 5.41) is 0.392. The van der Waals surface area contributed by atoms with Crippen molar-refractivity contribution < 1.29 is 14.2 Å². The summed E-state index contributed by atoms with van der Waals surface area (Å²) in [7, 11) is 4.94. The lowest BCUT2D eigenvalue weighted by atomic mass is 10.1. The summed E-state index contributed by atoms with van der Waals surface area (Å²) < 4.78 is 15.9. The van der Waals surface area contributed by atoms with Gasteiger partial charge in [0.15, 0.2) is 0 Å². The van der Waals surface area contributed by atoms with Crippen molar-refractivity contribution in [3.8, 4) is 17.2 Å². The molecule has 0 radical (unpaired) electrons. The van der Waals surface area contributed by atoms with Crippen molar-refractivity contribution in [2.24, 2.45) is 0 Å². The maximum atomic E-state index is 6.21. The van der Waals surface area contributed by atoms with Crippen molar-refractivity contribution in [1.82, 2.24) is 4.98 Å². The molecule has 1 heterocycles. The second kappa shape index (κ2) is 9.33. The summed E-state index contributed by atoms with van der Waals surface area (Å²) in [4.78, 5) is 6.65. The van der Waals surface area contributed by atoms with Gasteiger partial charge in [0.05, 0.1) is 21.3 Å². The quantitative estimate of drug-likeness (QED) is 0.501. The number of pyridine rings is 1. The summed E-state index contributed by atoms with van der Waals surface area (Å²) in [6.45, 7) is 1.32. The molecule has 1 aromatic heterocycles. The average molecular weight is 399 g/mol. The highest BCUT2D eigenvalue weighted by molar-refractivity contribution is 6.29. The Morgan fingerprint density at radius 2 is 1.18 bits per heavy atom. The van der Waals surface area contributed by atoms with E-state index in [-0.39, 0.29) is 0 Å². The lowest BCUT2D eigenvalue weighted by Gasteiger charge is -2.25. The van der Waals surface area contributed by atoms with Crippen LogP contribution >= 0.6 is 11.6 Å². The van der Waals surface area contributed by atoms with Gasteiger partial charge in [0.2, 0.25) is 0 Å². The molecule has 0 spiro atoms. The number of hydrogen-bond acceptors (Lipinski definition) is 5. The first kappa shape index (κ1) is 19.8. The molecule has 0 fully saturated rings. The fraction of sp³-hybridized carbons (Fsp3) is 0.227. The minimum Gasteiger partial charge on any atom is -0.497 e. The molecule has 3 rings (SSSR count). The van der Waals surface area contributed by atoms with Crippen LogP contribution in [0.25, 0.3) is 0 Å². The number of anilines is 1. The van der Waals surface area contributed by atoms with Crippen molar-refractivity contribution in [2.75, 3.05) is 26.2 Å². The highest BCUT2D eigenvalue weighted by Crippen LogP contribution is 2.26. The minimum atomic E-state index is 0.392. The Morgan fingerprint density at radius 1 is 0.714 bits per heavy atom. The number of benzene rings is 2. The molecule has 2 aromatic carbocycles. The number of ether oxygens (including phenoxy) is 3. The van der Waals surface area contributed by atoms with Crippen LogP contribution in [-0.4, -0.2) is 26.3 Å². The first-order valence-electron chi connectivity index (χ1n) is 8.83. The molecule has 0 bridgehead atoms. The van der Waals surface area contributed by atoms with Crippen LogP contribution in [0, 0.1) is 0 Å². The van der Waals surface area contributed by atoms with Crippen LogP contribution in [-0.2, 0) is 13.1 Å². The van der Waals surface area contributed by atoms with Crippen LogP contribution in [0.2, 0.25) is 5.15 Å². The van der Waals surface area contributed by atoms with Gasteiger partial charge >= 0.3 is 0 Å². The Bertz CT molecular complexity index is 849. The van der Waals surface area contributed by atoms with Crippen LogP contribution in [0.4, 0.5) is 5.82 Å². The van der Waals surface area contributed by atoms with Crippen LogP contribution in [0.1, 0.15) is 11.1 Å². The van der Waals surface area contributed by atoms with E-state index in [0.29, 0.717) is 24.0 Å². The number of halogens is 1. The van der Waals surface area contributed by atoms with Crippen LogP contribution in [0.3, 0.4) is 0 Å². The molecule has 0 N–H and O–H groups in total. The Hall–Kier alpha value is -2.92. The SMILES string of the molecule is COc1ccc(CN(Cc2ccc(OC)cc2)c2cc(OC)cc(Cl)n2)cc1. The lowest BCUT2D eigenvalue weighted by Crippen LogP contribution is -2.23. The molecule has 3 aromatic rings. The summed E-state index contributed by atoms with van der Waals surface area (Å²) in [5.41, 5.74) is 2.27. The van der Waals surface area contributed by atoms with Crippen LogP contribution in [0.5, 0.6) is 17.2 Å². The lowest BCUT2D eigenvalue weighted by molar-refractivity contribution is 0.414. The zero-order chi connectivity index (χ0) is 19.9. The van der Waals surface area contributed by atoms with Gasteiger partial charge in [0.25, 0.3) is 0 Å². The third-order valence-electron chi connectivity index (χ3n) is 4.38. The summed E-state index contributed by atoms with van der Waals surface area (Å²) in [5.74, 6) is 3.07. The molecular formula is C22H23ClN2O3. The van der Waals surface area contributed by atoms with Crippen molar-refractivity contribution in [2.45, 2.75) is 13.1 Å². The molecule has 0 saturated heterocycles. The molecule has 0 aliphatic carbocycles. The van der Waals surface area contributed by atoms with Gasteiger partial charge in [-0.25, -0.2) is 4.98 Å². The monoisotopic (exact) mass is 398 g/mol. The number of aromatic nitrogens is 1. The summed E-state index contributed by atoms with van der Waals surface area (Å²) in [6.07, 6.45) is 0. The zero-order valence-corrected chi connectivity index (χ0v) is 16.9. The molecule has 0 amide bonds. The second-order valence-electron chi connectivity index (χ2n) is 6.24.